The smallest absolute Gasteiger partial charge is 0.326 e. The second-order valence-electron chi connectivity index (χ2n) is 6.13. The van der Waals surface area contributed by atoms with Crippen molar-refractivity contribution in [1.29, 1.82) is 0 Å². The average molecular weight is 372 g/mol. The Kier molecular flexibility index (Phi) is 5.39. The monoisotopic (exact) mass is 372 g/mol. The molecule has 1 atom stereocenters. The molecule has 0 fully saturated rings. The van der Waals surface area contributed by atoms with Gasteiger partial charge in [0.2, 0.25) is 5.91 Å². The first-order chi connectivity index (χ1) is 13.0. The number of aliphatic carboxylic acids is 1. The highest BCUT2D eigenvalue weighted by molar-refractivity contribution is 5.90. The maximum Gasteiger partial charge on any atom is 0.326 e. The van der Waals surface area contributed by atoms with E-state index in [1.165, 1.54) is 11.2 Å². The molecular weight excluding hydrogens is 352 g/mol. The number of aromatic amines is 1. The minimum Gasteiger partial charge on any atom is -0.484 e. The number of carbonyl (C=O) groups is 3. The Morgan fingerprint density at radius 1 is 1.41 bits per heavy atom. The number of fused-ring (bicyclic) bond motifs is 1. The molecule has 2 aromatic rings. The van der Waals surface area contributed by atoms with Gasteiger partial charge >= 0.3 is 5.97 Å². The molecule has 3 rings (SSSR count). The number of imidazole rings is 1. The predicted octanol–water partition coefficient (Wildman–Crippen LogP) is 1.18. The number of hydrogen-bond donors (Lipinski definition) is 3. The molecule has 2 amide bonds. The van der Waals surface area contributed by atoms with Crippen LogP contribution in [0.5, 0.6) is 5.75 Å². The van der Waals surface area contributed by atoms with Crippen molar-refractivity contribution in [2.75, 3.05) is 11.9 Å². The molecule has 0 bridgehead atoms. The summed E-state index contributed by atoms with van der Waals surface area (Å²) in [7, 11) is 0. The van der Waals surface area contributed by atoms with Crippen LogP contribution in [0, 0.1) is 0 Å². The van der Waals surface area contributed by atoms with E-state index >= 15 is 0 Å². The van der Waals surface area contributed by atoms with Gasteiger partial charge in [0.1, 0.15) is 11.8 Å². The van der Waals surface area contributed by atoms with Gasteiger partial charge in [-0.3, -0.25) is 9.59 Å². The number of aromatic nitrogens is 2. The Morgan fingerprint density at radius 3 is 2.96 bits per heavy atom. The Hall–Kier alpha value is -3.36. The van der Waals surface area contributed by atoms with Gasteiger partial charge < -0.3 is 25.0 Å². The summed E-state index contributed by atoms with van der Waals surface area (Å²) in [5, 5.41) is 12.1. The van der Waals surface area contributed by atoms with Gasteiger partial charge in [0.25, 0.3) is 5.91 Å². The molecule has 0 radical (unpaired) electrons. The second kappa shape index (κ2) is 7.90. The predicted molar refractivity (Wildman–Crippen MR) is 95.1 cm³/mol. The third-order valence-electron chi connectivity index (χ3n) is 4.31. The molecule has 9 nitrogen and oxygen atoms in total. The van der Waals surface area contributed by atoms with Gasteiger partial charge in [-0.15, -0.1) is 0 Å². The molecule has 1 aromatic carbocycles. The summed E-state index contributed by atoms with van der Waals surface area (Å²) >= 11 is 0. The summed E-state index contributed by atoms with van der Waals surface area (Å²) in [4.78, 5) is 43.9. The van der Waals surface area contributed by atoms with Crippen molar-refractivity contribution in [2.45, 2.75) is 32.4 Å². The number of anilines is 1. The van der Waals surface area contributed by atoms with Crippen LogP contribution in [-0.4, -0.2) is 50.4 Å². The molecule has 27 heavy (non-hydrogen) atoms. The minimum absolute atomic E-state index is 0.129. The lowest BCUT2D eigenvalue weighted by molar-refractivity contribution is -0.152. The molecule has 0 spiro atoms. The van der Waals surface area contributed by atoms with E-state index in [-0.39, 0.29) is 25.5 Å². The van der Waals surface area contributed by atoms with Gasteiger partial charge in [-0.25, -0.2) is 9.78 Å². The summed E-state index contributed by atoms with van der Waals surface area (Å²) < 4.78 is 5.51. The first-order valence-electron chi connectivity index (χ1n) is 8.54. The molecule has 3 N–H and O–H groups in total. The minimum atomic E-state index is -1.08. The van der Waals surface area contributed by atoms with Crippen molar-refractivity contribution >= 4 is 23.5 Å². The number of carboxylic acids is 1. The number of amides is 2. The van der Waals surface area contributed by atoms with Crippen molar-refractivity contribution < 1.29 is 24.2 Å². The highest BCUT2D eigenvalue weighted by atomic mass is 16.5. The first-order valence-corrected chi connectivity index (χ1v) is 8.54. The van der Waals surface area contributed by atoms with E-state index in [9.17, 15) is 19.5 Å². The number of nitrogens with one attached hydrogen (secondary N) is 2. The van der Waals surface area contributed by atoms with Crippen LogP contribution >= 0.6 is 0 Å². The zero-order chi connectivity index (χ0) is 19.4. The van der Waals surface area contributed by atoms with E-state index in [1.807, 2.05) is 0 Å². The number of nitrogens with zero attached hydrogens (tertiary/aromatic N) is 2. The fourth-order valence-electron chi connectivity index (χ4n) is 2.86. The summed E-state index contributed by atoms with van der Waals surface area (Å²) in [5.41, 5.74) is 1.95. The van der Waals surface area contributed by atoms with Crippen molar-refractivity contribution in [2.24, 2.45) is 0 Å². The van der Waals surface area contributed by atoms with E-state index in [2.05, 4.69) is 15.3 Å². The van der Waals surface area contributed by atoms with Crippen molar-refractivity contribution in [3.63, 3.8) is 0 Å². The lowest BCUT2D eigenvalue weighted by Crippen LogP contribution is -2.50. The molecule has 1 aliphatic rings. The SMILES string of the molecule is CCC(=O)Nc1cccc(OCC(=O)N2Cc3[nH]cnc3CC2C(=O)O)c1. The fraction of sp³-hybridized carbons (Fsp3) is 0.333. The zero-order valence-electron chi connectivity index (χ0n) is 14.8. The standard InChI is InChI=1S/C18H20N4O5/c1-2-16(23)21-11-4-3-5-12(6-11)27-9-17(24)22-8-14-13(19-10-20-14)7-15(22)18(25)26/h3-6,10,15H,2,7-9H2,1H3,(H,19,20)(H,21,23)(H,25,26). The third kappa shape index (κ3) is 4.25. The van der Waals surface area contributed by atoms with Gasteiger partial charge in [0.15, 0.2) is 6.61 Å². The van der Waals surface area contributed by atoms with E-state index in [0.29, 0.717) is 23.6 Å². The van der Waals surface area contributed by atoms with Crippen LogP contribution < -0.4 is 10.1 Å². The molecular formula is C18H20N4O5. The number of H-pyrrole nitrogens is 1. The number of rotatable bonds is 6. The highest BCUT2D eigenvalue weighted by Crippen LogP contribution is 2.22. The van der Waals surface area contributed by atoms with E-state index in [1.54, 1.807) is 31.2 Å². The Balaban J connectivity index is 1.65. The molecule has 1 aliphatic heterocycles. The Labute approximate surface area is 155 Å². The number of hydrogen-bond acceptors (Lipinski definition) is 5. The maximum atomic E-state index is 12.6. The van der Waals surface area contributed by atoms with Crippen LogP contribution in [0.15, 0.2) is 30.6 Å². The summed E-state index contributed by atoms with van der Waals surface area (Å²) in [6, 6.07) is 5.70. The second-order valence-corrected chi connectivity index (χ2v) is 6.13. The van der Waals surface area contributed by atoms with Crippen LogP contribution in [-0.2, 0) is 27.3 Å². The van der Waals surface area contributed by atoms with Crippen LogP contribution in [0.3, 0.4) is 0 Å². The van der Waals surface area contributed by atoms with Gasteiger partial charge in [-0.05, 0) is 12.1 Å². The highest BCUT2D eigenvalue weighted by Gasteiger charge is 2.36. The molecule has 142 valence electrons. The normalized spacial score (nSPS) is 15.7. The topological polar surface area (TPSA) is 125 Å². The van der Waals surface area contributed by atoms with Gasteiger partial charge in [0.05, 0.1) is 24.3 Å². The van der Waals surface area contributed by atoms with E-state index in [4.69, 9.17) is 4.74 Å². The zero-order valence-corrected chi connectivity index (χ0v) is 14.8. The first kappa shape index (κ1) is 18.4. The number of carbonyl (C=O) groups excluding carboxylic acids is 2. The Morgan fingerprint density at radius 2 is 2.22 bits per heavy atom. The summed E-state index contributed by atoms with van der Waals surface area (Å²) in [6.07, 6.45) is 1.99. The molecule has 0 aliphatic carbocycles. The van der Waals surface area contributed by atoms with Crippen LogP contribution in [0.2, 0.25) is 0 Å². The van der Waals surface area contributed by atoms with Crippen LogP contribution in [0.4, 0.5) is 5.69 Å². The van der Waals surface area contributed by atoms with Gasteiger partial charge in [-0.1, -0.05) is 13.0 Å². The third-order valence-corrected chi connectivity index (χ3v) is 4.31. The maximum absolute atomic E-state index is 12.6. The Bertz CT molecular complexity index is 863. The van der Waals surface area contributed by atoms with Gasteiger partial charge in [0, 0.05) is 24.6 Å². The number of carboxylic acid groups (broad SMARTS) is 1. The van der Waals surface area contributed by atoms with Crippen LogP contribution in [0.25, 0.3) is 0 Å². The van der Waals surface area contributed by atoms with Crippen LogP contribution in [0.1, 0.15) is 24.7 Å². The van der Waals surface area contributed by atoms with Crippen molar-refractivity contribution in [3.8, 4) is 5.75 Å². The molecule has 1 unspecified atom stereocenters. The number of ether oxygens (including phenoxy) is 1. The fourth-order valence-corrected chi connectivity index (χ4v) is 2.86. The lowest BCUT2D eigenvalue weighted by Gasteiger charge is -2.32. The molecule has 9 heteroatoms. The van der Waals surface area contributed by atoms with Crippen molar-refractivity contribution in [3.05, 3.63) is 42.0 Å². The van der Waals surface area contributed by atoms with E-state index in [0.717, 1.165) is 5.69 Å². The molecule has 2 heterocycles. The quantitative estimate of drug-likeness (QED) is 0.699. The average Bonchev–Trinajstić information content (AvgIpc) is 3.12. The summed E-state index contributed by atoms with van der Waals surface area (Å²) in [6.45, 7) is 1.58. The lowest BCUT2D eigenvalue weighted by atomic mass is 10.0. The van der Waals surface area contributed by atoms with Crippen molar-refractivity contribution in [1.82, 2.24) is 14.9 Å². The van der Waals surface area contributed by atoms with E-state index < -0.39 is 17.9 Å². The van der Waals surface area contributed by atoms with Gasteiger partial charge in [-0.2, -0.15) is 0 Å². The molecule has 1 aromatic heterocycles. The number of benzene rings is 1. The summed E-state index contributed by atoms with van der Waals surface area (Å²) in [5.74, 6) is -1.24. The molecule has 0 saturated heterocycles. The largest absolute Gasteiger partial charge is 0.484 e. The molecule has 0 saturated carbocycles.